The van der Waals surface area contributed by atoms with Gasteiger partial charge in [0, 0.05) is 39.4 Å². The van der Waals surface area contributed by atoms with Crippen molar-refractivity contribution in [1.82, 2.24) is 38.8 Å². The number of nitrogens with zero attached hydrogens (tertiary/aromatic N) is 9. The average molecular weight is 1500 g/mol. The zero-order valence-corrected chi connectivity index (χ0v) is 64.2. The summed E-state index contributed by atoms with van der Waals surface area (Å²) in [7, 11) is -0.311. The number of hydrogen-bond acceptors (Lipinski definition) is 18. The van der Waals surface area contributed by atoms with Gasteiger partial charge in [0.05, 0.1) is 91.8 Å². The second-order valence-corrected chi connectivity index (χ2v) is 28.6. The van der Waals surface area contributed by atoms with Gasteiger partial charge in [-0.15, -0.1) is 5.10 Å². The summed E-state index contributed by atoms with van der Waals surface area (Å²) in [6, 6.07) is 26.7. The van der Waals surface area contributed by atoms with E-state index in [4.69, 9.17) is 42.4 Å². The van der Waals surface area contributed by atoms with Crippen molar-refractivity contribution in [3.8, 4) is 0 Å². The van der Waals surface area contributed by atoms with Crippen molar-refractivity contribution < 1.29 is 46.6 Å². The fourth-order valence-electron chi connectivity index (χ4n) is 11.9. The number of esters is 3. The summed E-state index contributed by atoms with van der Waals surface area (Å²) in [4.78, 5) is 110. The van der Waals surface area contributed by atoms with E-state index in [9.17, 15) is 42.0 Å². The normalized spacial score (nSPS) is 11.8. The summed E-state index contributed by atoms with van der Waals surface area (Å²) < 4.78 is 45.6. The maximum absolute atomic E-state index is 14.2. The van der Waals surface area contributed by atoms with Crippen LogP contribution in [0.5, 0.6) is 0 Å². The van der Waals surface area contributed by atoms with Crippen molar-refractivity contribution in [2.24, 2.45) is 19.1 Å². The highest BCUT2D eigenvalue weighted by molar-refractivity contribution is 7.88. The molecule has 27 heteroatoms. The number of carbonyl (C=O) groups excluding carboxylic acids is 5. The van der Waals surface area contributed by atoms with Gasteiger partial charge < -0.3 is 29.7 Å². The van der Waals surface area contributed by atoms with Gasteiger partial charge in [0.15, 0.2) is 23.3 Å². The molecule has 5 aromatic carbocycles. The summed E-state index contributed by atoms with van der Waals surface area (Å²) in [5.41, 5.74) is 2.74. The van der Waals surface area contributed by atoms with E-state index < -0.39 is 45.8 Å². The number of carbonyl (C=O) groups is 5. The van der Waals surface area contributed by atoms with E-state index in [1.165, 1.54) is 148 Å². The first-order valence-corrected chi connectivity index (χ1v) is 39.1. The number of aromatic nitrogens is 7. The monoisotopic (exact) mass is 1500 g/mol. The lowest BCUT2D eigenvalue weighted by atomic mass is 10.1. The Morgan fingerprint density at radius 2 is 1.09 bits per heavy atom. The van der Waals surface area contributed by atoms with Crippen molar-refractivity contribution in [2.45, 2.75) is 176 Å². The number of benzene rings is 5. The quantitative estimate of drug-likeness (QED) is 0.0139. The third-order valence-electron chi connectivity index (χ3n) is 17.8. The fraction of sp³-hybridized carbons (Fsp3) is 0.462. The molecule has 8 rings (SSSR count). The molecule has 0 saturated heterocycles. The highest BCUT2D eigenvalue weighted by atomic mass is 35.5. The summed E-state index contributed by atoms with van der Waals surface area (Å²) >= 11 is 13.0. The number of fused-ring (bicyclic) bond motifs is 2. The summed E-state index contributed by atoms with van der Waals surface area (Å²) in [6.07, 6.45) is 24.6. The standard InChI is InChI=1S/C42H55ClN6O6S.C36H45ClN6O6/c1-6-8-9-10-11-12-13-14-15-18-27-55-42(52)31-21-23-34(43)37(29-31)47-40(50)38(39-46-36-20-17-16-19-33(36)41(51)48(39)4)45-35-24-22-32(28-30(35)3)49(7-2)26-25-44-56(5,53)54;1-5-7-8-9-10-11-12-13-14-17-22-49-35(46)25-20-21-27(37)29(23-25)39-33(44)31(43-24(3)30(40-41-43)36(47)48-6-2)32-38-28-19-16-15-18-26(28)34(45)42(32)4/h16-17,19-24,28-29,44H,6-15,18,25-27H2,1-5H3,(H,47,50);15-16,18-21,23,31H,5-14,17,22H2,1-4H3,(H,39,44). The molecule has 3 aromatic heterocycles. The molecule has 564 valence electrons. The first-order valence-electron chi connectivity index (χ1n) is 36.5. The van der Waals surface area contributed by atoms with Gasteiger partial charge in [0.1, 0.15) is 5.82 Å². The molecule has 3 heterocycles. The van der Waals surface area contributed by atoms with E-state index in [0.29, 0.717) is 47.2 Å². The van der Waals surface area contributed by atoms with Crippen LogP contribution in [-0.4, -0.2) is 124 Å². The van der Waals surface area contributed by atoms with Crippen LogP contribution < -0.4 is 31.4 Å². The first-order chi connectivity index (χ1) is 50.5. The molecule has 24 nitrogen and oxygen atoms in total. The van der Waals surface area contributed by atoms with Gasteiger partial charge >= 0.3 is 17.9 Å². The van der Waals surface area contributed by atoms with Gasteiger partial charge in [-0.3, -0.25) is 28.3 Å². The molecule has 1 unspecified atom stereocenters. The third-order valence-corrected chi connectivity index (χ3v) is 19.2. The second-order valence-electron chi connectivity index (χ2n) is 25.9. The number of rotatable bonds is 40. The Balaban J connectivity index is 0.000000296. The largest absolute Gasteiger partial charge is 0.462 e. The van der Waals surface area contributed by atoms with Crippen molar-refractivity contribution in [3.05, 3.63) is 174 Å². The van der Waals surface area contributed by atoms with E-state index in [2.05, 4.69) is 49.5 Å². The number of aliphatic imine (C=N–C) groups is 1. The molecule has 0 bridgehead atoms. The molecular weight excluding hydrogens is 1400 g/mol. The number of sulfonamides is 1. The van der Waals surface area contributed by atoms with Crippen LogP contribution in [0.4, 0.5) is 22.7 Å². The predicted octanol–water partition coefficient (Wildman–Crippen LogP) is 15.1. The Kier molecular flexibility index (Phi) is 33.3. The lowest BCUT2D eigenvalue weighted by Gasteiger charge is -2.24. The average Bonchev–Trinajstić information content (AvgIpc) is 1.75. The van der Waals surface area contributed by atoms with Crippen LogP contribution in [0.25, 0.3) is 21.8 Å². The zero-order valence-electron chi connectivity index (χ0n) is 61.9. The minimum absolute atomic E-state index is 0.0277. The Morgan fingerprint density at radius 1 is 0.590 bits per heavy atom. The van der Waals surface area contributed by atoms with Crippen molar-refractivity contribution in [2.75, 3.05) is 61.2 Å². The van der Waals surface area contributed by atoms with E-state index in [-0.39, 0.29) is 92.2 Å². The number of nitrogens with one attached hydrogen (secondary N) is 3. The Morgan fingerprint density at radius 3 is 1.59 bits per heavy atom. The van der Waals surface area contributed by atoms with Crippen molar-refractivity contribution >= 4 is 113 Å². The minimum atomic E-state index is -3.33. The molecule has 0 spiro atoms. The van der Waals surface area contributed by atoms with Gasteiger partial charge in [-0.25, -0.2) is 47.2 Å². The number of aryl methyl sites for hydroxylation is 1. The maximum Gasteiger partial charge on any atom is 0.360 e. The topological polar surface area (TPSA) is 299 Å². The van der Waals surface area contributed by atoms with E-state index in [1.807, 2.05) is 30.9 Å². The van der Waals surface area contributed by atoms with Crippen molar-refractivity contribution in [3.63, 3.8) is 0 Å². The van der Waals surface area contributed by atoms with Crippen molar-refractivity contribution in [1.29, 1.82) is 0 Å². The number of amides is 2. The highest BCUT2D eigenvalue weighted by Gasteiger charge is 2.34. The predicted molar refractivity (Wildman–Crippen MR) is 415 cm³/mol. The Labute approximate surface area is 625 Å². The summed E-state index contributed by atoms with van der Waals surface area (Å²) in [6.45, 7) is 13.5. The molecular formula is C78H100Cl2N12O12S. The van der Waals surface area contributed by atoms with Gasteiger partial charge in [-0.05, 0) is 125 Å². The van der Waals surface area contributed by atoms with Gasteiger partial charge in [0.25, 0.3) is 22.9 Å². The fourth-order valence-corrected chi connectivity index (χ4v) is 12.7. The Bertz CT molecular complexity index is 4560. The SMILES string of the molecule is CCCCCCCCCCCCOC(=O)c1ccc(Cl)c(NC(=O)C(=Nc2ccc(N(CC)CCNS(C)(=O)=O)cc2C)c2nc3ccccc3c(=O)n2C)c1.CCCCCCCCCCCCOC(=O)c1ccc(Cl)c(NC(=O)C(c2nc3ccccc3c(=O)n2C)n2nnc(C(=O)OCC)c2C)c1. The Hall–Kier alpha value is -9.17. The third kappa shape index (κ3) is 24.4. The van der Waals surface area contributed by atoms with E-state index in [1.54, 1.807) is 74.5 Å². The van der Waals surface area contributed by atoms with Gasteiger partial charge in [-0.1, -0.05) is 182 Å². The number of para-hydroxylation sites is 2. The lowest BCUT2D eigenvalue weighted by molar-refractivity contribution is -0.118. The van der Waals surface area contributed by atoms with Crippen LogP contribution in [0.2, 0.25) is 10.0 Å². The van der Waals surface area contributed by atoms with Gasteiger partial charge in [-0.2, -0.15) is 0 Å². The van der Waals surface area contributed by atoms with Crippen LogP contribution in [0.3, 0.4) is 0 Å². The molecule has 1 atom stereocenters. The first kappa shape index (κ1) is 83.1. The van der Waals surface area contributed by atoms with E-state index >= 15 is 0 Å². The van der Waals surface area contributed by atoms with E-state index in [0.717, 1.165) is 56.0 Å². The smallest absolute Gasteiger partial charge is 0.360 e. The lowest BCUT2D eigenvalue weighted by Crippen LogP contribution is -2.35. The molecule has 3 N–H and O–H groups in total. The summed E-state index contributed by atoms with van der Waals surface area (Å²) in [5.74, 6) is -3.11. The molecule has 0 fully saturated rings. The molecule has 0 aliphatic rings. The van der Waals surface area contributed by atoms with Gasteiger partial charge in [0.2, 0.25) is 10.0 Å². The van der Waals surface area contributed by atoms with Crippen LogP contribution in [-0.2, 0) is 47.9 Å². The number of unbranched alkanes of at least 4 members (excludes halogenated alkanes) is 18. The molecule has 105 heavy (non-hydrogen) atoms. The second kappa shape index (κ2) is 42.1. The van der Waals surface area contributed by atoms with Crippen LogP contribution in [0.1, 0.15) is 216 Å². The van der Waals surface area contributed by atoms with Crippen LogP contribution >= 0.6 is 23.2 Å². The molecule has 8 aromatic rings. The van der Waals surface area contributed by atoms with Crippen LogP contribution in [0, 0.1) is 13.8 Å². The molecule has 0 aliphatic carbocycles. The number of likely N-dealkylation sites (N-methyl/N-ethyl adjacent to an activating group) is 1. The molecule has 2 amide bonds. The molecule has 0 aliphatic heterocycles. The van der Waals surface area contributed by atoms with Crippen LogP contribution in [0.15, 0.2) is 118 Å². The number of anilines is 3. The minimum Gasteiger partial charge on any atom is -0.462 e. The number of hydrogen-bond donors (Lipinski definition) is 3. The molecule has 0 radical (unpaired) electrons. The number of halogens is 2. The summed E-state index contributed by atoms with van der Waals surface area (Å²) in [5, 5.41) is 14.7. The number of ether oxygens (including phenoxy) is 3. The maximum atomic E-state index is 14.2. The molecule has 0 saturated carbocycles. The zero-order chi connectivity index (χ0) is 76.0. The highest BCUT2D eigenvalue weighted by Crippen LogP contribution is 2.31.